The summed E-state index contributed by atoms with van der Waals surface area (Å²) in [5, 5.41) is 4.61. The van der Waals surface area contributed by atoms with E-state index in [1.165, 1.54) is 18.2 Å². The second-order valence-corrected chi connectivity index (χ2v) is 6.16. The molecule has 1 saturated heterocycles. The van der Waals surface area contributed by atoms with E-state index in [-0.39, 0.29) is 10.6 Å². The van der Waals surface area contributed by atoms with Crippen molar-refractivity contribution in [3.63, 3.8) is 0 Å². The van der Waals surface area contributed by atoms with Gasteiger partial charge in [0, 0.05) is 11.4 Å². The average Bonchev–Trinajstić information content (AvgIpc) is 2.86. The van der Waals surface area contributed by atoms with Crippen molar-refractivity contribution in [3.8, 4) is 0 Å². The summed E-state index contributed by atoms with van der Waals surface area (Å²) < 4.78 is 38.5. The number of rotatable bonds is 3. The van der Waals surface area contributed by atoms with Gasteiger partial charge in [-0.25, -0.2) is 0 Å². The van der Waals surface area contributed by atoms with Crippen LogP contribution in [-0.2, 0) is 11.0 Å². The Hall–Kier alpha value is -2.74. The molecule has 0 bridgehead atoms. The zero-order valence-electron chi connectivity index (χ0n) is 12.6. The predicted octanol–water partition coefficient (Wildman–Crippen LogP) is 4.77. The number of alkyl halides is 3. The zero-order valence-corrected chi connectivity index (χ0v) is 13.4. The van der Waals surface area contributed by atoms with Gasteiger partial charge in [-0.1, -0.05) is 24.3 Å². The van der Waals surface area contributed by atoms with Crippen molar-refractivity contribution in [1.29, 1.82) is 0 Å². The van der Waals surface area contributed by atoms with E-state index < -0.39 is 22.9 Å². The van der Waals surface area contributed by atoms with E-state index in [4.69, 9.17) is 0 Å². The lowest BCUT2D eigenvalue weighted by atomic mass is 10.1. The molecule has 2 amide bonds. The highest BCUT2D eigenvalue weighted by Crippen LogP contribution is 2.33. The van der Waals surface area contributed by atoms with Crippen molar-refractivity contribution < 1.29 is 22.8 Å². The fourth-order valence-corrected chi connectivity index (χ4v) is 2.90. The molecule has 3 rings (SSSR count). The number of imide groups is 1. The van der Waals surface area contributed by atoms with E-state index in [9.17, 15) is 22.8 Å². The van der Waals surface area contributed by atoms with E-state index in [1.54, 1.807) is 24.3 Å². The maximum absolute atomic E-state index is 12.8. The largest absolute Gasteiger partial charge is 0.416 e. The molecule has 1 aliphatic rings. The molecule has 1 aliphatic heterocycles. The summed E-state index contributed by atoms with van der Waals surface area (Å²) in [6.07, 6.45) is -2.92. The minimum absolute atomic E-state index is 0.225. The van der Waals surface area contributed by atoms with Crippen LogP contribution in [0.1, 0.15) is 11.1 Å². The summed E-state index contributed by atoms with van der Waals surface area (Å²) in [7, 11) is 0. The van der Waals surface area contributed by atoms with Gasteiger partial charge >= 0.3 is 6.18 Å². The normalized spacial score (nSPS) is 16.2. The minimum Gasteiger partial charge on any atom is -0.355 e. The second kappa shape index (κ2) is 6.64. The maximum Gasteiger partial charge on any atom is 0.416 e. The quantitative estimate of drug-likeness (QED) is 0.770. The smallest absolute Gasteiger partial charge is 0.355 e. The number of benzene rings is 2. The standard InChI is InChI=1S/C17H11F3N2O2S/c18-17(19,20)11-5-3-6-12(9-11)21-13-7-2-1-4-10(13)8-14-15(23)22-16(24)25-14/h1-9,21H,(H,22,23,24). The molecule has 25 heavy (non-hydrogen) atoms. The number of anilines is 2. The van der Waals surface area contributed by atoms with Crippen molar-refractivity contribution in [2.45, 2.75) is 6.18 Å². The van der Waals surface area contributed by atoms with Gasteiger partial charge < -0.3 is 5.32 Å². The van der Waals surface area contributed by atoms with Crippen molar-refractivity contribution in [2.75, 3.05) is 5.32 Å². The lowest BCUT2D eigenvalue weighted by Gasteiger charge is -2.12. The SMILES string of the molecule is O=C1NC(=O)C(=Cc2ccccc2Nc2cccc(C(F)(F)F)c2)S1. The Morgan fingerprint density at radius 1 is 1.04 bits per heavy atom. The van der Waals surface area contributed by atoms with Crippen LogP contribution in [0.3, 0.4) is 0 Å². The van der Waals surface area contributed by atoms with Crippen LogP contribution in [0, 0.1) is 0 Å². The van der Waals surface area contributed by atoms with Crippen LogP contribution >= 0.6 is 11.8 Å². The van der Waals surface area contributed by atoms with Crippen LogP contribution in [0.5, 0.6) is 0 Å². The molecule has 0 radical (unpaired) electrons. The third kappa shape index (κ3) is 4.03. The topological polar surface area (TPSA) is 58.2 Å². The Labute approximate surface area is 145 Å². The van der Waals surface area contributed by atoms with Gasteiger partial charge in [-0.2, -0.15) is 13.2 Å². The van der Waals surface area contributed by atoms with Crippen LogP contribution in [0.25, 0.3) is 6.08 Å². The predicted molar refractivity (Wildman–Crippen MR) is 90.3 cm³/mol. The number of halogens is 3. The number of carbonyl (C=O) groups is 2. The number of thioether (sulfide) groups is 1. The van der Waals surface area contributed by atoms with Crippen molar-refractivity contribution in [1.82, 2.24) is 5.32 Å². The molecule has 8 heteroatoms. The van der Waals surface area contributed by atoms with Gasteiger partial charge in [0.1, 0.15) is 0 Å². The maximum atomic E-state index is 12.8. The van der Waals surface area contributed by atoms with E-state index in [2.05, 4.69) is 10.6 Å². The molecule has 0 aromatic heterocycles. The van der Waals surface area contributed by atoms with Gasteiger partial charge in [-0.3, -0.25) is 14.9 Å². The lowest BCUT2D eigenvalue weighted by molar-refractivity contribution is -0.137. The summed E-state index contributed by atoms with van der Waals surface area (Å²) >= 11 is 0.774. The molecule has 4 nitrogen and oxygen atoms in total. The van der Waals surface area contributed by atoms with Gasteiger partial charge in [-0.05, 0) is 47.7 Å². The highest BCUT2D eigenvalue weighted by molar-refractivity contribution is 8.18. The first kappa shape index (κ1) is 17.1. The Morgan fingerprint density at radius 2 is 1.80 bits per heavy atom. The Balaban J connectivity index is 1.91. The fourth-order valence-electron chi connectivity index (χ4n) is 2.23. The molecule has 1 fully saturated rings. The summed E-state index contributed by atoms with van der Waals surface area (Å²) in [5.74, 6) is -0.496. The van der Waals surface area contributed by atoms with Crippen LogP contribution in [0.4, 0.5) is 29.3 Å². The summed E-state index contributed by atoms with van der Waals surface area (Å²) in [6, 6.07) is 11.6. The van der Waals surface area contributed by atoms with Crippen molar-refractivity contribution >= 4 is 40.4 Å². The summed E-state index contributed by atoms with van der Waals surface area (Å²) in [5.41, 5.74) is 0.597. The number of hydrogen-bond acceptors (Lipinski definition) is 4. The Morgan fingerprint density at radius 3 is 2.48 bits per heavy atom. The van der Waals surface area contributed by atoms with Gasteiger partial charge in [-0.15, -0.1) is 0 Å². The molecule has 0 unspecified atom stereocenters. The lowest BCUT2D eigenvalue weighted by Crippen LogP contribution is -2.17. The minimum atomic E-state index is -4.43. The molecule has 2 aromatic carbocycles. The fraction of sp³-hybridized carbons (Fsp3) is 0.0588. The highest BCUT2D eigenvalue weighted by atomic mass is 32.2. The van der Waals surface area contributed by atoms with Gasteiger partial charge in [0.15, 0.2) is 0 Å². The van der Waals surface area contributed by atoms with E-state index in [1.807, 2.05) is 0 Å². The first-order valence-electron chi connectivity index (χ1n) is 7.11. The number of nitrogens with one attached hydrogen (secondary N) is 2. The average molecular weight is 364 g/mol. The first-order chi connectivity index (χ1) is 11.8. The number of hydrogen-bond donors (Lipinski definition) is 2. The van der Waals surface area contributed by atoms with Gasteiger partial charge in [0.05, 0.1) is 10.5 Å². The van der Waals surface area contributed by atoms with Crippen LogP contribution in [0.15, 0.2) is 53.4 Å². The van der Waals surface area contributed by atoms with Crippen LogP contribution in [-0.4, -0.2) is 11.1 Å². The van der Waals surface area contributed by atoms with Gasteiger partial charge in [0.25, 0.3) is 11.1 Å². The third-order valence-electron chi connectivity index (χ3n) is 3.36. The monoisotopic (exact) mass is 364 g/mol. The molecule has 2 N–H and O–H groups in total. The Bertz CT molecular complexity index is 878. The Kier molecular flexibility index (Phi) is 4.54. The molecular weight excluding hydrogens is 353 g/mol. The molecule has 1 heterocycles. The molecule has 128 valence electrons. The first-order valence-corrected chi connectivity index (χ1v) is 7.93. The molecular formula is C17H11F3N2O2S. The second-order valence-electron chi connectivity index (χ2n) is 5.14. The molecule has 0 saturated carbocycles. The van der Waals surface area contributed by atoms with Crippen molar-refractivity contribution in [3.05, 3.63) is 64.6 Å². The van der Waals surface area contributed by atoms with Crippen molar-refractivity contribution in [2.24, 2.45) is 0 Å². The number of carbonyl (C=O) groups excluding carboxylic acids is 2. The molecule has 2 aromatic rings. The molecule has 0 atom stereocenters. The van der Waals surface area contributed by atoms with E-state index in [0.717, 1.165) is 23.9 Å². The van der Waals surface area contributed by atoms with Crippen LogP contribution < -0.4 is 10.6 Å². The number of amides is 2. The third-order valence-corrected chi connectivity index (χ3v) is 4.17. The molecule has 0 aliphatic carbocycles. The highest BCUT2D eigenvalue weighted by Gasteiger charge is 2.30. The van der Waals surface area contributed by atoms with Gasteiger partial charge in [0.2, 0.25) is 0 Å². The van der Waals surface area contributed by atoms with Crippen LogP contribution in [0.2, 0.25) is 0 Å². The van der Waals surface area contributed by atoms with E-state index in [0.29, 0.717) is 11.3 Å². The number of para-hydroxylation sites is 1. The summed E-state index contributed by atoms with van der Waals surface area (Å²) in [4.78, 5) is 23.1. The zero-order chi connectivity index (χ0) is 18.0. The molecule has 0 spiro atoms. The van der Waals surface area contributed by atoms with E-state index >= 15 is 0 Å². The summed E-state index contributed by atoms with van der Waals surface area (Å²) in [6.45, 7) is 0.